The van der Waals surface area contributed by atoms with E-state index in [4.69, 9.17) is 16.1 Å². The van der Waals surface area contributed by atoms with Crippen LogP contribution in [0.1, 0.15) is 5.56 Å². The molecule has 4 nitrogen and oxygen atoms in total. The zero-order valence-corrected chi connectivity index (χ0v) is 12.5. The maximum atomic E-state index is 11.8. The first kappa shape index (κ1) is 14.7. The van der Waals surface area contributed by atoms with Gasteiger partial charge in [-0.15, -0.1) is 0 Å². The molecule has 0 bridgehead atoms. The summed E-state index contributed by atoms with van der Waals surface area (Å²) in [6, 6.07) is 6.85. The summed E-state index contributed by atoms with van der Waals surface area (Å²) in [4.78, 5) is 1.49. The SMILES string of the molecule is COP(=O)(OC)O/C(=C/Br)c1ccc(Cl)cc1. The Morgan fingerprint density at radius 3 is 2.24 bits per heavy atom. The lowest BCUT2D eigenvalue weighted by atomic mass is 10.2. The van der Waals surface area contributed by atoms with Crippen molar-refractivity contribution in [3.63, 3.8) is 0 Å². The predicted molar refractivity (Wildman–Crippen MR) is 71.1 cm³/mol. The zero-order chi connectivity index (χ0) is 12.9. The van der Waals surface area contributed by atoms with Gasteiger partial charge < -0.3 is 4.52 Å². The van der Waals surface area contributed by atoms with Crippen molar-refractivity contribution in [3.8, 4) is 0 Å². The van der Waals surface area contributed by atoms with Crippen molar-refractivity contribution >= 4 is 41.1 Å². The van der Waals surface area contributed by atoms with E-state index >= 15 is 0 Å². The molecule has 94 valence electrons. The Kier molecular flexibility index (Phi) is 5.70. The van der Waals surface area contributed by atoms with Gasteiger partial charge in [0, 0.05) is 29.8 Å². The van der Waals surface area contributed by atoms with Gasteiger partial charge in [0.25, 0.3) is 0 Å². The van der Waals surface area contributed by atoms with E-state index in [1.807, 2.05) is 0 Å². The summed E-state index contributed by atoms with van der Waals surface area (Å²) in [5, 5.41) is 0.601. The number of rotatable bonds is 5. The number of phosphoric acid groups is 1. The molecule has 0 aliphatic rings. The number of hydrogen-bond acceptors (Lipinski definition) is 4. The molecular formula is C10H11BrClO4P. The maximum Gasteiger partial charge on any atom is 0.529 e. The van der Waals surface area contributed by atoms with Crippen LogP contribution in [0, 0.1) is 0 Å². The molecule has 0 heterocycles. The van der Waals surface area contributed by atoms with Gasteiger partial charge in [-0.25, -0.2) is 4.57 Å². The van der Waals surface area contributed by atoms with E-state index in [-0.39, 0.29) is 0 Å². The molecular weight excluding hydrogens is 330 g/mol. The molecule has 0 saturated carbocycles. The van der Waals surface area contributed by atoms with Crippen LogP contribution in [0.2, 0.25) is 5.02 Å². The van der Waals surface area contributed by atoms with E-state index in [0.29, 0.717) is 16.3 Å². The minimum Gasteiger partial charge on any atom is -0.403 e. The lowest BCUT2D eigenvalue weighted by Crippen LogP contribution is -1.95. The molecule has 0 atom stereocenters. The first-order valence-corrected chi connectivity index (χ1v) is 7.27. The highest BCUT2D eigenvalue weighted by Crippen LogP contribution is 2.51. The molecule has 7 heteroatoms. The summed E-state index contributed by atoms with van der Waals surface area (Å²) in [7, 11) is -1.07. The van der Waals surface area contributed by atoms with Crippen LogP contribution in [0.5, 0.6) is 0 Å². The number of benzene rings is 1. The molecule has 0 spiro atoms. The molecule has 1 aromatic carbocycles. The summed E-state index contributed by atoms with van der Waals surface area (Å²) in [6.07, 6.45) is 0. The van der Waals surface area contributed by atoms with Crippen molar-refractivity contribution in [3.05, 3.63) is 39.8 Å². The standard InChI is InChI=1S/C10H11BrClO4P/c1-14-17(13,15-2)16-10(7-11)8-3-5-9(12)6-4-8/h3-7H,1-2H3/b10-7+. The second-order valence-electron chi connectivity index (χ2n) is 2.88. The fraction of sp³-hybridized carbons (Fsp3) is 0.200. The molecule has 0 aliphatic carbocycles. The van der Waals surface area contributed by atoms with Crippen LogP contribution < -0.4 is 0 Å². The molecule has 0 saturated heterocycles. The second kappa shape index (κ2) is 6.57. The average Bonchev–Trinajstić information content (AvgIpc) is 2.37. The molecule has 1 rings (SSSR count). The molecule has 17 heavy (non-hydrogen) atoms. The number of halogens is 2. The van der Waals surface area contributed by atoms with Gasteiger partial charge in [0.1, 0.15) is 5.76 Å². The quantitative estimate of drug-likeness (QED) is 0.586. The van der Waals surface area contributed by atoms with Crippen molar-refractivity contribution < 1.29 is 18.1 Å². The summed E-state index contributed by atoms with van der Waals surface area (Å²) in [6.45, 7) is 0. The van der Waals surface area contributed by atoms with Crippen LogP contribution in [0.3, 0.4) is 0 Å². The molecule has 0 amide bonds. The lowest BCUT2D eigenvalue weighted by molar-refractivity contribution is 0.201. The van der Waals surface area contributed by atoms with Crippen LogP contribution in [0.15, 0.2) is 29.3 Å². The third-order valence-corrected chi connectivity index (χ3v) is 3.87. The Hall–Kier alpha value is -0.320. The molecule has 0 aliphatic heterocycles. The van der Waals surface area contributed by atoms with Crippen molar-refractivity contribution in [1.29, 1.82) is 0 Å². The topological polar surface area (TPSA) is 44.8 Å². The van der Waals surface area contributed by atoms with Crippen molar-refractivity contribution in [1.82, 2.24) is 0 Å². The van der Waals surface area contributed by atoms with Gasteiger partial charge in [-0.2, -0.15) is 0 Å². The van der Waals surface area contributed by atoms with Crippen LogP contribution in [-0.2, 0) is 18.1 Å². The summed E-state index contributed by atoms with van der Waals surface area (Å²) >= 11 is 8.90. The van der Waals surface area contributed by atoms with Gasteiger partial charge in [-0.1, -0.05) is 27.5 Å². The largest absolute Gasteiger partial charge is 0.529 e. The van der Waals surface area contributed by atoms with Gasteiger partial charge in [0.15, 0.2) is 0 Å². The molecule has 0 radical (unpaired) electrons. The molecule has 1 aromatic rings. The van der Waals surface area contributed by atoms with Gasteiger partial charge >= 0.3 is 7.82 Å². The van der Waals surface area contributed by atoms with Crippen molar-refractivity contribution in [2.75, 3.05) is 14.2 Å². The van der Waals surface area contributed by atoms with Crippen LogP contribution in [-0.4, -0.2) is 14.2 Å². The Morgan fingerprint density at radius 2 is 1.82 bits per heavy atom. The third kappa shape index (κ3) is 4.12. The first-order chi connectivity index (χ1) is 8.04. The minimum absolute atomic E-state index is 0.328. The van der Waals surface area contributed by atoms with E-state index in [0.717, 1.165) is 0 Å². The van der Waals surface area contributed by atoms with E-state index in [1.54, 1.807) is 24.3 Å². The molecule has 0 unspecified atom stereocenters. The van der Waals surface area contributed by atoms with Crippen LogP contribution >= 0.6 is 35.4 Å². The van der Waals surface area contributed by atoms with Crippen molar-refractivity contribution in [2.45, 2.75) is 0 Å². The molecule has 0 fully saturated rings. The Morgan fingerprint density at radius 1 is 1.29 bits per heavy atom. The van der Waals surface area contributed by atoms with E-state index in [1.165, 1.54) is 19.2 Å². The average molecular weight is 342 g/mol. The molecule has 0 N–H and O–H groups in total. The lowest BCUT2D eigenvalue weighted by Gasteiger charge is -2.16. The second-order valence-corrected chi connectivity index (χ2v) is 5.59. The number of phosphoric ester groups is 1. The van der Waals surface area contributed by atoms with E-state index in [2.05, 4.69) is 25.0 Å². The highest BCUT2D eigenvalue weighted by atomic mass is 79.9. The monoisotopic (exact) mass is 340 g/mol. The van der Waals surface area contributed by atoms with Gasteiger partial charge in [0.2, 0.25) is 0 Å². The normalized spacial score (nSPS) is 12.6. The zero-order valence-electron chi connectivity index (χ0n) is 9.22. The predicted octanol–water partition coefficient (Wildman–Crippen LogP) is 4.45. The van der Waals surface area contributed by atoms with Gasteiger partial charge in [0.05, 0.1) is 0 Å². The fourth-order valence-corrected chi connectivity index (χ4v) is 2.34. The maximum absolute atomic E-state index is 11.8. The third-order valence-electron chi connectivity index (χ3n) is 1.89. The number of hydrogen-bond donors (Lipinski definition) is 0. The minimum atomic E-state index is -3.56. The summed E-state index contributed by atoms with van der Waals surface area (Å²) in [5.41, 5.74) is 0.695. The fourth-order valence-electron chi connectivity index (χ4n) is 1.02. The van der Waals surface area contributed by atoms with E-state index < -0.39 is 7.82 Å². The highest BCUT2D eigenvalue weighted by molar-refractivity contribution is 9.11. The highest BCUT2D eigenvalue weighted by Gasteiger charge is 2.26. The summed E-state index contributed by atoms with van der Waals surface area (Å²) < 4.78 is 26.4. The van der Waals surface area contributed by atoms with E-state index in [9.17, 15) is 4.57 Å². The Balaban J connectivity index is 2.94. The molecule has 0 aromatic heterocycles. The van der Waals surface area contributed by atoms with Gasteiger partial charge in [-0.05, 0) is 24.3 Å². The Bertz CT molecular complexity index is 438. The van der Waals surface area contributed by atoms with Crippen LogP contribution in [0.4, 0.5) is 0 Å². The Labute approximate surface area is 113 Å². The van der Waals surface area contributed by atoms with Crippen LogP contribution in [0.25, 0.3) is 5.76 Å². The van der Waals surface area contributed by atoms with Crippen molar-refractivity contribution in [2.24, 2.45) is 0 Å². The first-order valence-electron chi connectivity index (χ1n) is 4.52. The summed E-state index contributed by atoms with van der Waals surface area (Å²) in [5.74, 6) is 0.328. The van der Waals surface area contributed by atoms with Gasteiger partial charge in [-0.3, -0.25) is 9.05 Å². The smallest absolute Gasteiger partial charge is 0.403 e.